The van der Waals surface area contributed by atoms with Crippen LogP contribution in [-0.2, 0) is 4.79 Å². The van der Waals surface area contributed by atoms with Gasteiger partial charge in [-0.05, 0) is 16.9 Å². The number of amides is 1. The van der Waals surface area contributed by atoms with Gasteiger partial charge in [0.1, 0.15) is 5.75 Å². The van der Waals surface area contributed by atoms with E-state index in [1.807, 2.05) is 24.3 Å². The zero-order valence-corrected chi connectivity index (χ0v) is 15.8. The number of hydrogen-bond acceptors (Lipinski definition) is 4. The van der Waals surface area contributed by atoms with Crippen LogP contribution in [0.1, 0.15) is 45.7 Å². The zero-order valence-electron chi connectivity index (χ0n) is 15.8. The third-order valence-corrected chi connectivity index (χ3v) is 5.48. The smallest absolute Gasteiger partial charge is 0.234 e. The van der Waals surface area contributed by atoms with E-state index in [-0.39, 0.29) is 28.8 Å². The van der Waals surface area contributed by atoms with Crippen LogP contribution in [0.3, 0.4) is 0 Å². The summed E-state index contributed by atoms with van der Waals surface area (Å²) < 4.78 is 5.67. The van der Waals surface area contributed by atoms with Crippen molar-refractivity contribution < 1.29 is 9.53 Å². The topological polar surface area (TPSA) is 62.4 Å². The Morgan fingerprint density at radius 1 is 1.20 bits per heavy atom. The van der Waals surface area contributed by atoms with Gasteiger partial charge in [-0.15, -0.1) is 0 Å². The fourth-order valence-electron chi connectivity index (χ4n) is 4.45. The van der Waals surface area contributed by atoms with Crippen LogP contribution < -0.4 is 20.7 Å². The highest BCUT2D eigenvalue weighted by atomic mass is 16.5. The Kier molecular flexibility index (Phi) is 5.07. The molecule has 1 atom stereocenters. The molecule has 0 aromatic heterocycles. The summed E-state index contributed by atoms with van der Waals surface area (Å²) in [5.74, 6) is 0.930. The molecular formula is C20H31N3O2. The van der Waals surface area contributed by atoms with Gasteiger partial charge in [-0.3, -0.25) is 4.79 Å². The van der Waals surface area contributed by atoms with Crippen LogP contribution in [0.15, 0.2) is 24.3 Å². The Balaban J connectivity index is 1.60. The number of hydrogen-bond donors (Lipinski definition) is 3. The van der Waals surface area contributed by atoms with Gasteiger partial charge in [0.25, 0.3) is 0 Å². The second kappa shape index (κ2) is 6.96. The number of piperidine rings is 1. The van der Waals surface area contributed by atoms with Gasteiger partial charge in [-0.1, -0.05) is 45.9 Å². The number of carbonyl (C=O) groups excluding carboxylic acids is 1. The SMILES string of the molecule is CC1(C)CNCC(C)(C)C1NCC(=O)NC1CCOc2ccccc21. The summed E-state index contributed by atoms with van der Waals surface area (Å²) in [7, 11) is 0. The summed E-state index contributed by atoms with van der Waals surface area (Å²) in [6.07, 6.45) is 0.813. The second-order valence-electron chi connectivity index (χ2n) is 8.69. The molecule has 0 saturated carbocycles. The molecule has 0 bridgehead atoms. The number of carbonyl (C=O) groups is 1. The highest BCUT2D eigenvalue weighted by Gasteiger charge is 2.43. The molecule has 0 radical (unpaired) electrons. The van der Waals surface area contributed by atoms with Gasteiger partial charge in [-0.25, -0.2) is 0 Å². The molecule has 3 rings (SSSR count). The largest absolute Gasteiger partial charge is 0.493 e. The molecule has 5 heteroatoms. The van der Waals surface area contributed by atoms with Crippen LogP contribution in [0.2, 0.25) is 0 Å². The number of nitrogens with one attached hydrogen (secondary N) is 3. The van der Waals surface area contributed by atoms with Crippen molar-refractivity contribution in [3.05, 3.63) is 29.8 Å². The predicted octanol–water partition coefficient (Wildman–Crippen LogP) is 2.24. The molecule has 2 aliphatic heterocycles. The van der Waals surface area contributed by atoms with Crippen LogP contribution in [-0.4, -0.2) is 38.2 Å². The van der Waals surface area contributed by atoms with Gasteiger partial charge in [0.2, 0.25) is 5.91 Å². The summed E-state index contributed by atoms with van der Waals surface area (Å²) >= 11 is 0. The predicted molar refractivity (Wildman–Crippen MR) is 99.7 cm³/mol. The molecule has 0 spiro atoms. The van der Waals surface area contributed by atoms with E-state index in [9.17, 15) is 4.79 Å². The fourth-order valence-corrected chi connectivity index (χ4v) is 4.45. The highest BCUT2D eigenvalue weighted by Crippen LogP contribution is 2.36. The Bertz CT molecular complexity index is 611. The first-order chi connectivity index (χ1) is 11.8. The van der Waals surface area contributed by atoms with Crippen molar-refractivity contribution in [2.45, 2.75) is 46.2 Å². The summed E-state index contributed by atoms with van der Waals surface area (Å²) in [4.78, 5) is 12.6. The Labute approximate surface area is 150 Å². The molecule has 1 amide bonds. The number of rotatable bonds is 4. The van der Waals surface area contributed by atoms with Gasteiger partial charge >= 0.3 is 0 Å². The standard InChI is InChI=1S/C20H31N3O2/c1-19(2)12-21-13-20(3,4)18(19)22-11-17(24)23-15-9-10-25-16-8-6-5-7-14(15)16/h5-8,15,18,21-22H,9-13H2,1-4H3,(H,23,24). The van der Waals surface area contributed by atoms with Crippen molar-refractivity contribution >= 4 is 5.91 Å². The third-order valence-electron chi connectivity index (χ3n) is 5.48. The van der Waals surface area contributed by atoms with E-state index in [4.69, 9.17) is 4.74 Å². The minimum Gasteiger partial charge on any atom is -0.493 e. The first-order valence-electron chi connectivity index (χ1n) is 9.25. The first-order valence-corrected chi connectivity index (χ1v) is 9.25. The molecule has 1 saturated heterocycles. The van der Waals surface area contributed by atoms with Crippen LogP contribution in [0, 0.1) is 10.8 Å². The number of ether oxygens (including phenoxy) is 1. The van der Waals surface area contributed by atoms with E-state index in [0.717, 1.165) is 30.8 Å². The summed E-state index contributed by atoms with van der Waals surface area (Å²) in [6, 6.07) is 8.27. The maximum atomic E-state index is 12.6. The van der Waals surface area contributed by atoms with Crippen LogP contribution in [0.5, 0.6) is 5.75 Å². The minimum atomic E-state index is 0.0355. The monoisotopic (exact) mass is 345 g/mol. The molecule has 2 aliphatic rings. The van der Waals surface area contributed by atoms with Gasteiger partial charge in [0.05, 0.1) is 19.2 Å². The minimum absolute atomic E-state index is 0.0355. The molecule has 1 unspecified atom stereocenters. The molecule has 5 nitrogen and oxygen atoms in total. The van der Waals surface area contributed by atoms with E-state index in [2.05, 4.69) is 43.6 Å². The fraction of sp³-hybridized carbons (Fsp3) is 0.650. The summed E-state index contributed by atoms with van der Waals surface area (Å²) in [5.41, 5.74) is 1.28. The Hall–Kier alpha value is -1.59. The average molecular weight is 345 g/mol. The molecule has 1 aromatic carbocycles. The molecule has 3 N–H and O–H groups in total. The van der Waals surface area contributed by atoms with Crippen molar-refractivity contribution in [3.8, 4) is 5.75 Å². The van der Waals surface area contributed by atoms with Crippen LogP contribution in [0.25, 0.3) is 0 Å². The lowest BCUT2D eigenvalue weighted by molar-refractivity contribution is -0.121. The molecule has 1 fully saturated rings. The Morgan fingerprint density at radius 3 is 2.60 bits per heavy atom. The molecular weight excluding hydrogens is 314 g/mol. The van der Waals surface area contributed by atoms with Gasteiger partial charge in [0.15, 0.2) is 0 Å². The van der Waals surface area contributed by atoms with Crippen LogP contribution >= 0.6 is 0 Å². The maximum Gasteiger partial charge on any atom is 0.234 e. The van der Waals surface area contributed by atoms with Gasteiger partial charge in [0, 0.05) is 31.1 Å². The lowest BCUT2D eigenvalue weighted by Crippen LogP contribution is -2.63. The average Bonchev–Trinajstić information content (AvgIpc) is 2.53. The second-order valence-corrected chi connectivity index (χ2v) is 8.69. The van der Waals surface area contributed by atoms with E-state index in [1.165, 1.54) is 0 Å². The molecule has 25 heavy (non-hydrogen) atoms. The first kappa shape index (κ1) is 18.2. The normalized spacial score (nSPS) is 24.9. The third kappa shape index (κ3) is 3.98. The van der Waals surface area contributed by atoms with Crippen molar-refractivity contribution in [1.82, 2.24) is 16.0 Å². The van der Waals surface area contributed by atoms with E-state index < -0.39 is 0 Å². The summed E-state index contributed by atoms with van der Waals surface area (Å²) in [5, 5.41) is 10.2. The number of benzene rings is 1. The highest BCUT2D eigenvalue weighted by molar-refractivity contribution is 5.78. The summed E-state index contributed by atoms with van der Waals surface area (Å²) in [6.45, 7) is 11.9. The van der Waals surface area contributed by atoms with Crippen molar-refractivity contribution in [1.29, 1.82) is 0 Å². The molecule has 1 aromatic rings. The van der Waals surface area contributed by atoms with Crippen molar-refractivity contribution in [3.63, 3.8) is 0 Å². The molecule has 2 heterocycles. The lowest BCUT2D eigenvalue weighted by atomic mass is 9.67. The van der Waals surface area contributed by atoms with Crippen molar-refractivity contribution in [2.24, 2.45) is 10.8 Å². The molecule has 138 valence electrons. The zero-order chi connectivity index (χ0) is 18.1. The maximum absolute atomic E-state index is 12.6. The quantitative estimate of drug-likeness (QED) is 0.783. The Morgan fingerprint density at radius 2 is 1.88 bits per heavy atom. The number of fused-ring (bicyclic) bond motifs is 1. The number of para-hydroxylation sites is 1. The lowest BCUT2D eigenvalue weighted by Gasteiger charge is -2.50. The molecule has 0 aliphatic carbocycles. The van der Waals surface area contributed by atoms with Gasteiger partial charge in [-0.2, -0.15) is 0 Å². The van der Waals surface area contributed by atoms with E-state index in [0.29, 0.717) is 13.2 Å². The van der Waals surface area contributed by atoms with Crippen molar-refractivity contribution in [2.75, 3.05) is 26.2 Å². The van der Waals surface area contributed by atoms with E-state index >= 15 is 0 Å². The van der Waals surface area contributed by atoms with Gasteiger partial charge < -0.3 is 20.7 Å². The van der Waals surface area contributed by atoms with E-state index in [1.54, 1.807) is 0 Å². The van der Waals surface area contributed by atoms with Crippen LogP contribution in [0.4, 0.5) is 0 Å².